The number of para-hydroxylation sites is 1. The maximum Gasteiger partial charge on any atom is 0.137 e. The van der Waals surface area contributed by atoms with Crippen LogP contribution in [0.2, 0.25) is 0 Å². The Morgan fingerprint density at radius 3 is 2.62 bits per heavy atom. The van der Waals surface area contributed by atoms with Crippen LogP contribution in [-0.2, 0) is 4.74 Å². The molecule has 1 saturated carbocycles. The van der Waals surface area contributed by atoms with Gasteiger partial charge in [0.25, 0.3) is 0 Å². The van der Waals surface area contributed by atoms with Gasteiger partial charge in [0.1, 0.15) is 11.8 Å². The molecule has 1 aromatic carbocycles. The summed E-state index contributed by atoms with van der Waals surface area (Å²) in [5.74, 6) is 0.666. The van der Waals surface area contributed by atoms with E-state index in [1.807, 2.05) is 18.2 Å². The first-order valence-electron chi connectivity index (χ1n) is 7.84. The molecule has 0 saturated heterocycles. The lowest BCUT2D eigenvalue weighted by atomic mass is 9.76. The van der Waals surface area contributed by atoms with E-state index >= 15 is 0 Å². The summed E-state index contributed by atoms with van der Waals surface area (Å²) in [5.41, 5.74) is 1.08. The van der Waals surface area contributed by atoms with Gasteiger partial charge >= 0.3 is 0 Å². The van der Waals surface area contributed by atoms with Crippen LogP contribution in [0.4, 0.5) is 0 Å². The number of nitrogens with zero attached hydrogens (tertiary/aromatic N) is 1. The molecular formula is C18H25NO2. The van der Waals surface area contributed by atoms with E-state index in [1.165, 1.54) is 25.7 Å². The van der Waals surface area contributed by atoms with E-state index in [0.717, 1.165) is 13.0 Å². The Morgan fingerprint density at radius 2 is 1.90 bits per heavy atom. The molecule has 1 aromatic rings. The summed E-state index contributed by atoms with van der Waals surface area (Å²) in [6.07, 6.45) is 6.13. The Bertz CT molecular complexity index is 480. The maximum atomic E-state index is 8.98. The zero-order valence-electron chi connectivity index (χ0n) is 13.1. The lowest BCUT2D eigenvalue weighted by Gasteiger charge is -2.34. The van der Waals surface area contributed by atoms with E-state index in [1.54, 1.807) is 6.07 Å². The lowest BCUT2D eigenvalue weighted by molar-refractivity contribution is 0.000103. The molecule has 1 fully saturated rings. The number of hydrogen-bond donors (Lipinski definition) is 0. The summed E-state index contributed by atoms with van der Waals surface area (Å²) in [4.78, 5) is 0. The molecule has 0 N–H and O–H groups in total. The molecule has 0 atom stereocenters. The summed E-state index contributed by atoms with van der Waals surface area (Å²) in [6, 6.07) is 9.48. The molecule has 1 aliphatic carbocycles. The first-order valence-corrected chi connectivity index (χ1v) is 7.84. The molecule has 0 unspecified atom stereocenters. The fraction of sp³-hybridized carbons (Fsp3) is 0.611. The van der Waals surface area contributed by atoms with E-state index in [9.17, 15) is 0 Å². The molecule has 0 heterocycles. The third kappa shape index (κ3) is 5.06. The van der Waals surface area contributed by atoms with Crippen molar-refractivity contribution in [3.05, 3.63) is 29.8 Å². The summed E-state index contributed by atoms with van der Waals surface area (Å²) < 4.78 is 11.6. The highest BCUT2D eigenvalue weighted by Gasteiger charge is 2.26. The van der Waals surface area contributed by atoms with Crippen molar-refractivity contribution in [2.45, 2.75) is 52.1 Å². The summed E-state index contributed by atoms with van der Waals surface area (Å²) >= 11 is 0. The van der Waals surface area contributed by atoms with Gasteiger partial charge in [-0.15, -0.1) is 0 Å². The largest absolute Gasteiger partial charge is 0.492 e. The molecule has 0 bridgehead atoms. The van der Waals surface area contributed by atoms with Crippen molar-refractivity contribution in [3.63, 3.8) is 0 Å². The van der Waals surface area contributed by atoms with Gasteiger partial charge in [0.15, 0.2) is 0 Å². The van der Waals surface area contributed by atoms with Gasteiger partial charge in [0.2, 0.25) is 0 Å². The van der Waals surface area contributed by atoms with Gasteiger partial charge in [-0.05, 0) is 43.2 Å². The van der Waals surface area contributed by atoms with Gasteiger partial charge in [0.05, 0.1) is 24.9 Å². The Morgan fingerprint density at radius 1 is 1.19 bits per heavy atom. The zero-order chi connectivity index (χ0) is 15.1. The smallest absolute Gasteiger partial charge is 0.137 e. The average molecular weight is 287 g/mol. The van der Waals surface area contributed by atoms with Gasteiger partial charge < -0.3 is 9.47 Å². The van der Waals surface area contributed by atoms with E-state index in [0.29, 0.717) is 29.4 Å². The summed E-state index contributed by atoms with van der Waals surface area (Å²) in [7, 11) is 0. The third-order valence-electron chi connectivity index (χ3n) is 4.19. The second-order valence-electron chi connectivity index (χ2n) is 6.54. The monoisotopic (exact) mass is 287 g/mol. The highest BCUT2D eigenvalue weighted by molar-refractivity contribution is 5.42. The van der Waals surface area contributed by atoms with E-state index in [4.69, 9.17) is 14.7 Å². The molecule has 1 aliphatic rings. The molecule has 0 amide bonds. The fourth-order valence-corrected chi connectivity index (χ4v) is 2.72. The van der Waals surface area contributed by atoms with Crippen molar-refractivity contribution < 1.29 is 9.47 Å². The molecule has 3 heteroatoms. The van der Waals surface area contributed by atoms with Crippen molar-refractivity contribution >= 4 is 0 Å². The molecule has 0 spiro atoms. The van der Waals surface area contributed by atoms with Gasteiger partial charge in [-0.25, -0.2) is 0 Å². The zero-order valence-corrected chi connectivity index (χ0v) is 13.1. The predicted octanol–water partition coefficient (Wildman–Crippen LogP) is 4.31. The van der Waals surface area contributed by atoms with Crippen LogP contribution in [0.3, 0.4) is 0 Å². The van der Waals surface area contributed by atoms with Crippen molar-refractivity contribution in [1.82, 2.24) is 0 Å². The number of hydrogen-bond acceptors (Lipinski definition) is 3. The second-order valence-corrected chi connectivity index (χ2v) is 6.54. The Labute approximate surface area is 127 Å². The van der Waals surface area contributed by atoms with Crippen LogP contribution in [0.1, 0.15) is 51.5 Å². The number of ether oxygens (including phenoxy) is 2. The standard InChI is InChI=1S/C18H25NO2/c1-18(2)10-8-16(9-11-18)20-12-5-13-21-17-7-4-3-6-15(17)14-19/h3-4,6-7,16H,5,8-13H2,1-2H3. The van der Waals surface area contributed by atoms with Crippen LogP contribution in [0, 0.1) is 16.7 Å². The highest BCUT2D eigenvalue weighted by Crippen LogP contribution is 2.36. The van der Waals surface area contributed by atoms with Crippen LogP contribution < -0.4 is 4.74 Å². The normalized spacial score (nSPS) is 18.1. The average Bonchev–Trinajstić information content (AvgIpc) is 2.49. The molecule has 21 heavy (non-hydrogen) atoms. The second kappa shape index (κ2) is 7.47. The summed E-state index contributed by atoms with van der Waals surface area (Å²) in [5, 5.41) is 8.98. The Hall–Kier alpha value is -1.53. The number of rotatable bonds is 6. The third-order valence-corrected chi connectivity index (χ3v) is 4.19. The van der Waals surface area contributed by atoms with Gasteiger partial charge in [0, 0.05) is 6.42 Å². The van der Waals surface area contributed by atoms with Crippen LogP contribution in [0.15, 0.2) is 24.3 Å². The number of benzene rings is 1. The fourth-order valence-electron chi connectivity index (χ4n) is 2.72. The van der Waals surface area contributed by atoms with Gasteiger partial charge in [-0.2, -0.15) is 5.26 Å². The minimum atomic E-state index is 0.421. The summed E-state index contributed by atoms with van der Waals surface area (Å²) in [6.45, 7) is 6.00. The first kappa shape index (κ1) is 15.9. The quantitative estimate of drug-likeness (QED) is 0.732. The molecule has 2 rings (SSSR count). The van der Waals surface area contributed by atoms with Crippen molar-refractivity contribution in [3.8, 4) is 11.8 Å². The molecule has 0 aliphatic heterocycles. The van der Waals surface area contributed by atoms with Gasteiger partial charge in [-0.3, -0.25) is 0 Å². The van der Waals surface area contributed by atoms with E-state index in [-0.39, 0.29) is 0 Å². The van der Waals surface area contributed by atoms with E-state index in [2.05, 4.69) is 19.9 Å². The van der Waals surface area contributed by atoms with Crippen molar-refractivity contribution in [1.29, 1.82) is 5.26 Å². The minimum absolute atomic E-state index is 0.421. The topological polar surface area (TPSA) is 42.2 Å². The molecule has 0 radical (unpaired) electrons. The minimum Gasteiger partial charge on any atom is -0.492 e. The van der Waals surface area contributed by atoms with Crippen LogP contribution in [0.5, 0.6) is 5.75 Å². The highest BCUT2D eigenvalue weighted by atomic mass is 16.5. The first-order chi connectivity index (χ1) is 10.1. The van der Waals surface area contributed by atoms with Gasteiger partial charge in [-0.1, -0.05) is 26.0 Å². The van der Waals surface area contributed by atoms with Crippen LogP contribution >= 0.6 is 0 Å². The van der Waals surface area contributed by atoms with E-state index < -0.39 is 0 Å². The molecule has 0 aromatic heterocycles. The van der Waals surface area contributed by atoms with Crippen LogP contribution in [-0.4, -0.2) is 19.3 Å². The van der Waals surface area contributed by atoms with Crippen LogP contribution in [0.25, 0.3) is 0 Å². The molecule has 3 nitrogen and oxygen atoms in total. The Balaban J connectivity index is 1.62. The van der Waals surface area contributed by atoms with Crippen molar-refractivity contribution in [2.24, 2.45) is 5.41 Å². The predicted molar refractivity (Wildman–Crippen MR) is 83.3 cm³/mol. The van der Waals surface area contributed by atoms with Crippen molar-refractivity contribution in [2.75, 3.05) is 13.2 Å². The molecule has 114 valence electrons. The maximum absolute atomic E-state index is 8.98. The lowest BCUT2D eigenvalue weighted by Crippen LogP contribution is -2.27. The SMILES string of the molecule is CC1(C)CCC(OCCCOc2ccccc2C#N)CC1. The Kier molecular flexibility index (Phi) is 5.64. The number of nitriles is 1. The molecular weight excluding hydrogens is 262 g/mol.